The minimum atomic E-state index is 0.800. The first kappa shape index (κ1) is 13.5. The van der Waals surface area contributed by atoms with Gasteiger partial charge in [-0.05, 0) is 18.6 Å². The summed E-state index contributed by atoms with van der Waals surface area (Å²) in [4.78, 5) is 2.11. The lowest BCUT2D eigenvalue weighted by Gasteiger charge is -2.18. The lowest BCUT2D eigenvalue weighted by Crippen LogP contribution is -2.11. The summed E-state index contributed by atoms with van der Waals surface area (Å²) in [6.45, 7) is 3.94. The van der Waals surface area contributed by atoms with E-state index in [9.17, 15) is 0 Å². The molecule has 0 saturated heterocycles. The van der Waals surface area contributed by atoms with Crippen LogP contribution >= 0.6 is 0 Å². The van der Waals surface area contributed by atoms with Crippen molar-refractivity contribution in [1.29, 1.82) is 0 Å². The number of aryl methyl sites for hydroxylation is 1. The van der Waals surface area contributed by atoms with Crippen LogP contribution in [0.25, 0.3) is 0 Å². The molecular weight excluding hydrogens is 236 g/mol. The first-order valence-electron chi connectivity index (χ1n) is 6.72. The second-order valence-electron chi connectivity index (χ2n) is 4.88. The van der Waals surface area contributed by atoms with Crippen molar-refractivity contribution in [2.75, 3.05) is 24.3 Å². The van der Waals surface area contributed by atoms with Crippen LogP contribution in [0.1, 0.15) is 18.9 Å². The van der Waals surface area contributed by atoms with E-state index in [4.69, 9.17) is 0 Å². The molecule has 1 aromatic heterocycles. The van der Waals surface area contributed by atoms with Crippen molar-refractivity contribution < 1.29 is 0 Å². The molecule has 4 nitrogen and oxygen atoms in total. The van der Waals surface area contributed by atoms with Gasteiger partial charge in [-0.3, -0.25) is 4.68 Å². The average molecular weight is 258 g/mol. The summed E-state index contributed by atoms with van der Waals surface area (Å²) < 4.78 is 1.99. The summed E-state index contributed by atoms with van der Waals surface area (Å²) in [7, 11) is 4.11. The Hall–Kier alpha value is -1.97. The standard InChI is InChI=1S/C15H22N4/c1-4-9-19-12-13(11-17-19)10-16-14-7-5-6-8-15(14)18(2)3/h5-8,11-12,16H,4,9-10H2,1-3H3. The number of benzene rings is 1. The Morgan fingerprint density at radius 3 is 2.79 bits per heavy atom. The fourth-order valence-electron chi connectivity index (χ4n) is 2.06. The molecule has 0 spiro atoms. The Morgan fingerprint density at radius 2 is 2.05 bits per heavy atom. The van der Waals surface area contributed by atoms with Crippen LogP contribution in [0.3, 0.4) is 0 Å². The van der Waals surface area contributed by atoms with Crippen LogP contribution in [0, 0.1) is 0 Å². The molecule has 19 heavy (non-hydrogen) atoms. The molecule has 1 aromatic carbocycles. The molecule has 0 saturated carbocycles. The first-order valence-corrected chi connectivity index (χ1v) is 6.72. The van der Waals surface area contributed by atoms with E-state index in [0.717, 1.165) is 25.2 Å². The molecule has 0 aliphatic heterocycles. The van der Waals surface area contributed by atoms with Crippen LogP contribution in [0.4, 0.5) is 11.4 Å². The normalized spacial score (nSPS) is 10.5. The van der Waals surface area contributed by atoms with E-state index in [2.05, 4.69) is 66.8 Å². The second-order valence-corrected chi connectivity index (χ2v) is 4.88. The molecule has 102 valence electrons. The molecular formula is C15H22N4. The maximum absolute atomic E-state index is 4.34. The first-order chi connectivity index (χ1) is 9.20. The van der Waals surface area contributed by atoms with Crippen molar-refractivity contribution in [3.8, 4) is 0 Å². The van der Waals surface area contributed by atoms with Gasteiger partial charge in [0, 0.05) is 38.9 Å². The van der Waals surface area contributed by atoms with Gasteiger partial charge in [0.15, 0.2) is 0 Å². The molecule has 1 heterocycles. The summed E-state index contributed by atoms with van der Waals surface area (Å²) in [5, 5.41) is 7.81. The quantitative estimate of drug-likeness (QED) is 0.864. The molecule has 2 aromatic rings. The van der Waals surface area contributed by atoms with Gasteiger partial charge in [0.05, 0.1) is 17.6 Å². The van der Waals surface area contributed by atoms with Crippen LogP contribution in [0.5, 0.6) is 0 Å². The smallest absolute Gasteiger partial charge is 0.0596 e. The predicted molar refractivity (Wildman–Crippen MR) is 80.6 cm³/mol. The number of hydrogen-bond acceptors (Lipinski definition) is 3. The maximum Gasteiger partial charge on any atom is 0.0596 e. The zero-order valence-corrected chi connectivity index (χ0v) is 11.9. The summed E-state index contributed by atoms with van der Waals surface area (Å²) in [5.74, 6) is 0. The van der Waals surface area contributed by atoms with Gasteiger partial charge in [0.1, 0.15) is 0 Å². The number of hydrogen-bond donors (Lipinski definition) is 1. The summed E-state index contributed by atoms with van der Waals surface area (Å²) in [5.41, 5.74) is 3.56. The van der Waals surface area contributed by atoms with Crippen LogP contribution in [0.15, 0.2) is 36.7 Å². The van der Waals surface area contributed by atoms with Gasteiger partial charge >= 0.3 is 0 Å². The fourth-order valence-corrected chi connectivity index (χ4v) is 2.06. The number of anilines is 2. The Bertz CT molecular complexity index is 516. The zero-order valence-electron chi connectivity index (χ0n) is 11.9. The monoisotopic (exact) mass is 258 g/mol. The molecule has 0 atom stereocenters. The fraction of sp³-hybridized carbons (Fsp3) is 0.400. The van der Waals surface area contributed by atoms with E-state index >= 15 is 0 Å². The SMILES string of the molecule is CCCn1cc(CNc2ccccc2N(C)C)cn1. The van der Waals surface area contributed by atoms with Crippen molar-refractivity contribution >= 4 is 11.4 Å². The van der Waals surface area contributed by atoms with E-state index in [-0.39, 0.29) is 0 Å². The number of rotatable bonds is 6. The van der Waals surface area contributed by atoms with Crippen LogP contribution in [-0.2, 0) is 13.1 Å². The number of nitrogens with zero attached hydrogens (tertiary/aromatic N) is 3. The van der Waals surface area contributed by atoms with E-state index in [1.54, 1.807) is 0 Å². The molecule has 0 aliphatic carbocycles. The van der Waals surface area contributed by atoms with Gasteiger partial charge in [0.25, 0.3) is 0 Å². The lowest BCUT2D eigenvalue weighted by molar-refractivity contribution is 0.602. The Balaban J connectivity index is 2.01. The summed E-state index contributed by atoms with van der Waals surface area (Å²) in [6, 6.07) is 8.32. The number of para-hydroxylation sites is 2. The third-order valence-corrected chi connectivity index (χ3v) is 3.01. The van der Waals surface area contributed by atoms with E-state index in [0.29, 0.717) is 0 Å². The van der Waals surface area contributed by atoms with Gasteiger partial charge in [0.2, 0.25) is 0 Å². The highest BCUT2D eigenvalue weighted by molar-refractivity contribution is 5.69. The molecule has 0 amide bonds. The predicted octanol–water partition coefficient (Wildman–Crippen LogP) is 2.97. The third-order valence-electron chi connectivity index (χ3n) is 3.01. The molecule has 0 fully saturated rings. The van der Waals surface area contributed by atoms with Crippen LogP contribution in [-0.4, -0.2) is 23.9 Å². The Morgan fingerprint density at radius 1 is 1.26 bits per heavy atom. The number of aromatic nitrogens is 2. The van der Waals surface area contributed by atoms with E-state index in [1.165, 1.54) is 11.3 Å². The minimum absolute atomic E-state index is 0.800. The lowest BCUT2D eigenvalue weighted by atomic mass is 10.2. The van der Waals surface area contributed by atoms with Gasteiger partial charge in [-0.2, -0.15) is 5.10 Å². The molecule has 1 N–H and O–H groups in total. The third kappa shape index (κ3) is 3.50. The second kappa shape index (κ2) is 6.27. The summed E-state index contributed by atoms with van der Waals surface area (Å²) >= 11 is 0. The average Bonchev–Trinajstić information content (AvgIpc) is 2.85. The van der Waals surface area contributed by atoms with Crippen LogP contribution < -0.4 is 10.2 Å². The highest BCUT2D eigenvalue weighted by Crippen LogP contribution is 2.23. The summed E-state index contributed by atoms with van der Waals surface area (Å²) in [6.07, 6.45) is 5.15. The zero-order chi connectivity index (χ0) is 13.7. The van der Waals surface area contributed by atoms with Crippen LogP contribution in [0.2, 0.25) is 0 Å². The van der Waals surface area contributed by atoms with E-state index < -0.39 is 0 Å². The van der Waals surface area contributed by atoms with Gasteiger partial charge in [-0.15, -0.1) is 0 Å². The van der Waals surface area contributed by atoms with Crippen molar-refractivity contribution in [1.82, 2.24) is 9.78 Å². The molecule has 0 unspecified atom stereocenters. The topological polar surface area (TPSA) is 33.1 Å². The molecule has 0 bridgehead atoms. The minimum Gasteiger partial charge on any atom is -0.379 e. The van der Waals surface area contributed by atoms with Crippen molar-refractivity contribution in [2.24, 2.45) is 0 Å². The Labute approximate surface area is 115 Å². The highest BCUT2D eigenvalue weighted by atomic mass is 15.3. The molecule has 4 heteroatoms. The molecule has 0 radical (unpaired) electrons. The number of nitrogens with one attached hydrogen (secondary N) is 1. The van der Waals surface area contributed by atoms with Crippen molar-refractivity contribution in [3.05, 3.63) is 42.2 Å². The van der Waals surface area contributed by atoms with Gasteiger partial charge in [-0.25, -0.2) is 0 Å². The molecule has 2 rings (SSSR count). The van der Waals surface area contributed by atoms with Gasteiger partial charge in [-0.1, -0.05) is 19.1 Å². The molecule has 0 aliphatic rings. The highest BCUT2D eigenvalue weighted by Gasteiger charge is 2.04. The largest absolute Gasteiger partial charge is 0.379 e. The van der Waals surface area contributed by atoms with Gasteiger partial charge < -0.3 is 10.2 Å². The van der Waals surface area contributed by atoms with Crippen molar-refractivity contribution in [3.63, 3.8) is 0 Å². The Kier molecular flexibility index (Phi) is 4.44. The maximum atomic E-state index is 4.34. The van der Waals surface area contributed by atoms with Crippen molar-refractivity contribution in [2.45, 2.75) is 26.4 Å². The van der Waals surface area contributed by atoms with E-state index in [1.807, 2.05) is 10.9 Å².